The molecule has 4 rings (SSSR count). The van der Waals surface area contributed by atoms with Crippen LogP contribution in [-0.2, 0) is 17.8 Å². The van der Waals surface area contributed by atoms with Crippen LogP contribution in [0.4, 0.5) is 0 Å². The third-order valence-corrected chi connectivity index (χ3v) is 4.78. The summed E-state index contributed by atoms with van der Waals surface area (Å²) in [6.45, 7) is 7.77. The van der Waals surface area contributed by atoms with Gasteiger partial charge in [-0.1, -0.05) is 19.4 Å². The van der Waals surface area contributed by atoms with Gasteiger partial charge < -0.3 is 13.9 Å². The lowest BCUT2D eigenvalue weighted by Gasteiger charge is -2.19. The molecule has 1 saturated carbocycles. The van der Waals surface area contributed by atoms with E-state index in [1.54, 1.807) is 6.07 Å². The van der Waals surface area contributed by atoms with Crippen LogP contribution in [0, 0.1) is 0 Å². The first kappa shape index (κ1) is 20.3. The van der Waals surface area contributed by atoms with Crippen LogP contribution < -0.4 is 4.74 Å². The zero-order chi connectivity index (χ0) is 21.3. The van der Waals surface area contributed by atoms with Crippen molar-refractivity contribution in [3.05, 3.63) is 53.4 Å². The van der Waals surface area contributed by atoms with E-state index in [9.17, 15) is 4.79 Å². The van der Waals surface area contributed by atoms with E-state index >= 15 is 0 Å². The maximum absolute atomic E-state index is 12.4. The molecular formula is C23H28N4O3. The third kappa shape index (κ3) is 4.96. The first-order valence-corrected chi connectivity index (χ1v) is 10.5. The Morgan fingerprint density at radius 1 is 1.13 bits per heavy atom. The molecular weight excluding hydrogens is 380 g/mol. The minimum atomic E-state index is -0.613. The molecule has 7 heteroatoms. The van der Waals surface area contributed by atoms with Crippen molar-refractivity contribution in [2.24, 2.45) is 0 Å². The summed E-state index contributed by atoms with van der Waals surface area (Å²) in [6.07, 6.45) is 8.29. The lowest BCUT2D eigenvalue weighted by molar-refractivity contribution is 0.00538. The maximum Gasteiger partial charge on any atom is 0.377 e. The number of carbonyl (C=O) groups is 1. The number of hydrogen-bond acceptors (Lipinski definition) is 6. The summed E-state index contributed by atoms with van der Waals surface area (Å²) in [4.78, 5) is 25.7. The van der Waals surface area contributed by atoms with E-state index < -0.39 is 11.6 Å². The number of fused-ring (bicyclic) bond motifs is 1. The van der Waals surface area contributed by atoms with Crippen LogP contribution in [-0.4, -0.2) is 30.9 Å². The molecule has 1 aliphatic carbocycles. The third-order valence-electron chi connectivity index (χ3n) is 4.78. The van der Waals surface area contributed by atoms with Crippen molar-refractivity contribution in [1.82, 2.24) is 19.4 Å². The van der Waals surface area contributed by atoms with E-state index in [0.717, 1.165) is 29.9 Å². The van der Waals surface area contributed by atoms with Gasteiger partial charge >= 0.3 is 5.97 Å². The Labute approximate surface area is 176 Å². The first-order valence-electron chi connectivity index (χ1n) is 10.5. The molecule has 3 aromatic rings. The zero-order valence-corrected chi connectivity index (χ0v) is 18.0. The molecule has 0 N–H and O–H groups in total. The molecule has 0 bridgehead atoms. The Morgan fingerprint density at radius 3 is 2.63 bits per heavy atom. The molecule has 0 amide bonds. The highest BCUT2D eigenvalue weighted by Gasteiger charge is 2.24. The van der Waals surface area contributed by atoms with Gasteiger partial charge in [0.15, 0.2) is 0 Å². The van der Waals surface area contributed by atoms with Gasteiger partial charge in [-0.25, -0.2) is 14.8 Å². The number of esters is 1. The highest BCUT2D eigenvalue weighted by atomic mass is 16.6. The number of pyridine rings is 1. The fraction of sp³-hybridized carbons (Fsp3) is 0.478. The van der Waals surface area contributed by atoms with Crippen LogP contribution in [0.2, 0.25) is 0 Å². The van der Waals surface area contributed by atoms with E-state index in [1.807, 2.05) is 37.4 Å². The van der Waals surface area contributed by atoms with Crippen LogP contribution >= 0.6 is 0 Å². The fourth-order valence-electron chi connectivity index (χ4n) is 3.28. The molecule has 0 saturated heterocycles. The predicted molar refractivity (Wildman–Crippen MR) is 113 cm³/mol. The number of carbonyl (C=O) groups excluding carboxylic acids is 1. The SMILES string of the molecule is CCCc1cc(OCc2cn3cc(C4CC4)ccc3n2)nc(C(=O)OC(C)(C)C)n1. The van der Waals surface area contributed by atoms with Crippen LogP contribution in [0.5, 0.6) is 5.88 Å². The number of rotatable bonds is 7. The van der Waals surface area contributed by atoms with Crippen molar-refractivity contribution in [2.75, 3.05) is 0 Å². The molecule has 1 fully saturated rings. The summed E-state index contributed by atoms with van der Waals surface area (Å²) in [5, 5.41) is 0. The normalized spacial score (nSPS) is 14.1. The lowest BCUT2D eigenvalue weighted by Crippen LogP contribution is -2.25. The number of ether oxygens (including phenoxy) is 2. The lowest BCUT2D eigenvalue weighted by atomic mass is 10.2. The van der Waals surface area contributed by atoms with Crippen molar-refractivity contribution in [2.45, 2.75) is 71.5 Å². The van der Waals surface area contributed by atoms with Gasteiger partial charge in [0, 0.05) is 24.2 Å². The summed E-state index contributed by atoms with van der Waals surface area (Å²) in [7, 11) is 0. The molecule has 0 spiro atoms. The van der Waals surface area contributed by atoms with Crippen molar-refractivity contribution >= 4 is 11.6 Å². The molecule has 0 aliphatic heterocycles. The Hall–Kier alpha value is -2.96. The van der Waals surface area contributed by atoms with Crippen molar-refractivity contribution in [1.29, 1.82) is 0 Å². The van der Waals surface area contributed by atoms with E-state index in [1.165, 1.54) is 18.4 Å². The quantitative estimate of drug-likeness (QED) is 0.536. The maximum atomic E-state index is 12.4. The van der Waals surface area contributed by atoms with Gasteiger partial charge in [-0.2, -0.15) is 4.98 Å². The number of aryl methyl sites for hydroxylation is 1. The van der Waals surface area contributed by atoms with Crippen LogP contribution in [0.1, 0.15) is 80.4 Å². The second-order valence-electron chi connectivity index (χ2n) is 8.80. The second-order valence-corrected chi connectivity index (χ2v) is 8.80. The summed E-state index contributed by atoms with van der Waals surface area (Å²) < 4.78 is 13.3. The molecule has 3 aromatic heterocycles. The first-order chi connectivity index (χ1) is 14.3. The molecule has 7 nitrogen and oxygen atoms in total. The van der Waals surface area contributed by atoms with Gasteiger partial charge in [0.2, 0.25) is 11.7 Å². The smallest absolute Gasteiger partial charge is 0.377 e. The molecule has 0 unspecified atom stereocenters. The molecule has 0 radical (unpaired) electrons. The van der Waals surface area contributed by atoms with Gasteiger partial charge in [0.05, 0.1) is 5.69 Å². The molecule has 158 valence electrons. The van der Waals surface area contributed by atoms with Gasteiger partial charge in [-0.3, -0.25) is 0 Å². The average Bonchev–Trinajstić information content (AvgIpc) is 3.44. The van der Waals surface area contributed by atoms with Gasteiger partial charge in [-0.15, -0.1) is 0 Å². The van der Waals surface area contributed by atoms with Gasteiger partial charge in [-0.05, 0) is 57.6 Å². The summed E-state index contributed by atoms with van der Waals surface area (Å²) in [6, 6.07) is 5.97. The molecule has 3 heterocycles. The van der Waals surface area contributed by atoms with Gasteiger partial charge in [0.1, 0.15) is 17.9 Å². The minimum absolute atomic E-state index is 0.0231. The second kappa shape index (κ2) is 8.05. The molecule has 0 atom stereocenters. The molecule has 1 aliphatic rings. The van der Waals surface area contributed by atoms with Crippen molar-refractivity contribution < 1.29 is 14.3 Å². The Bertz CT molecular complexity index is 1060. The van der Waals surface area contributed by atoms with Crippen molar-refractivity contribution in [3.8, 4) is 5.88 Å². The van der Waals surface area contributed by atoms with E-state index in [2.05, 4.69) is 34.1 Å². The standard InChI is InChI=1S/C23H28N4O3/c1-5-6-17-11-20(26-21(25-17)22(28)30-23(2,3)4)29-14-18-13-27-12-16(15-7-8-15)9-10-19(27)24-18/h9-13,15H,5-8,14H2,1-4H3. The summed E-state index contributed by atoms with van der Waals surface area (Å²) in [5.41, 5.74) is 3.19. The monoisotopic (exact) mass is 408 g/mol. The Kier molecular flexibility index (Phi) is 5.45. The minimum Gasteiger partial charge on any atom is -0.471 e. The number of hydrogen-bond donors (Lipinski definition) is 0. The summed E-state index contributed by atoms with van der Waals surface area (Å²) in [5.74, 6) is 0.520. The Morgan fingerprint density at radius 2 is 1.93 bits per heavy atom. The number of aromatic nitrogens is 4. The number of imidazole rings is 1. The van der Waals surface area contributed by atoms with E-state index in [-0.39, 0.29) is 12.4 Å². The zero-order valence-electron chi connectivity index (χ0n) is 18.0. The van der Waals surface area contributed by atoms with E-state index in [4.69, 9.17) is 9.47 Å². The average molecular weight is 409 g/mol. The topological polar surface area (TPSA) is 78.6 Å². The molecule has 0 aromatic carbocycles. The molecule has 30 heavy (non-hydrogen) atoms. The Balaban J connectivity index is 1.51. The number of nitrogens with zero attached hydrogens (tertiary/aromatic N) is 4. The fourth-order valence-corrected chi connectivity index (χ4v) is 3.28. The van der Waals surface area contributed by atoms with Crippen LogP contribution in [0.25, 0.3) is 5.65 Å². The largest absolute Gasteiger partial charge is 0.471 e. The van der Waals surface area contributed by atoms with E-state index in [0.29, 0.717) is 11.8 Å². The predicted octanol–water partition coefficient (Wildman–Crippen LogP) is 4.49. The van der Waals surface area contributed by atoms with Gasteiger partial charge in [0.25, 0.3) is 0 Å². The highest BCUT2D eigenvalue weighted by molar-refractivity contribution is 5.85. The summed E-state index contributed by atoms with van der Waals surface area (Å²) >= 11 is 0. The van der Waals surface area contributed by atoms with Crippen LogP contribution in [0.15, 0.2) is 30.6 Å². The van der Waals surface area contributed by atoms with Crippen LogP contribution in [0.3, 0.4) is 0 Å². The highest BCUT2D eigenvalue weighted by Crippen LogP contribution is 2.39. The van der Waals surface area contributed by atoms with Crippen molar-refractivity contribution in [3.63, 3.8) is 0 Å².